The van der Waals surface area contributed by atoms with Gasteiger partial charge in [-0.15, -0.1) is 0 Å². The van der Waals surface area contributed by atoms with Crippen molar-refractivity contribution in [3.63, 3.8) is 0 Å². The van der Waals surface area contributed by atoms with Crippen LogP contribution in [0.5, 0.6) is 6.01 Å². The van der Waals surface area contributed by atoms with Crippen molar-refractivity contribution in [3.05, 3.63) is 24.6 Å². The zero-order chi connectivity index (χ0) is 16.7. The predicted molar refractivity (Wildman–Crippen MR) is 88.4 cm³/mol. The average Bonchev–Trinajstić information content (AvgIpc) is 2.60. The maximum atomic E-state index is 7.50. The van der Waals surface area contributed by atoms with E-state index in [2.05, 4.69) is 30.5 Å². The maximum absolute atomic E-state index is 7.50. The summed E-state index contributed by atoms with van der Waals surface area (Å²) in [5, 5.41) is 0. The fourth-order valence-electron chi connectivity index (χ4n) is 3.69. The normalized spacial score (nSPS) is 30.8. The summed E-state index contributed by atoms with van der Waals surface area (Å²) in [4.78, 5) is 8.91. The molecule has 0 amide bonds. The average molecular weight is 316 g/mol. The molecule has 3 rings (SSSR count). The molecule has 0 atom stereocenters. The van der Waals surface area contributed by atoms with Gasteiger partial charge in [-0.2, -0.15) is 0 Å². The van der Waals surface area contributed by atoms with E-state index in [0.29, 0.717) is 18.0 Å². The van der Waals surface area contributed by atoms with Gasteiger partial charge in [0.05, 0.1) is 0 Å². The van der Waals surface area contributed by atoms with Gasteiger partial charge in [0.1, 0.15) is 6.10 Å². The van der Waals surface area contributed by atoms with E-state index < -0.39 is 0 Å². The molecule has 0 N–H and O–H groups in total. The third-order valence-corrected chi connectivity index (χ3v) is 5.37. The summed E-state index contributed by atoms with van der Waals surface area (Å²) in [7, 11) is 0. The summed E-state index contributed by atoms with van der Waals surface area (Å²) in [6.45, 7) is 9.18. The van der Waals surface area contributed by atoms with E-state index in [1.807, 2.05) is 12.4 Å². The van der Waals surface area contributed by atoms with Crippen molar-refractivity contribution in [1.82, 2.24) is 9.97 Å². The van der Waals surface area contributed by atoms with Crippen LogP contribution >= 0.6 is 0 Å². The number of rotatable bonds is 3. The van der Waals surface area contributed by atoms with E-state index in [1.54, 1.807) is 0 Å². The Hall–Kier alpha value is -1.38. The second kappa shape index (κ2) is 9.05. The van der Waals surface area contributed by atoms with Gasteiger partial charge in [0.2, 0.25) is 0 Å². The molecular formula is C19H28N2O2. The summed E-state index contributed by atoms with van der Waals surface area (Å²) < 4.78 is 13.4. The Bertz CT molecular complexity index is 470. The van der Waals surface area contributed by atoms with Crippen molar-refractivity contribution < 1.29 is 9.39 Å². The van der Waals surface area contributed by atoms with E-state index in [-0.39, 0.29) is 0 Å². The number of aromatic nitrogens is 2. The third-order valence-electron chi connectivity index (χ3n) is 5.37. The molecule has 0 radical (unpaired) electrons. The van der Waals surface area contributed by atoms with E-state index in [4.69, 9.17) is 9.39 Å². The van der Waals surface area contributed by atoms with Gasteiger partial charge in [-0.1, -0.05) is 26.7 Å². The summed E-state index contributed by atoms with van der Waals surface area (Å²) in [6, 6.07) is 0.572. The molecule has 4 nitrogen and oxygen atoms in total. The molecule has 4 heteroatoms. The van der Waals surface area contributed by atoms with Crippen LogP contribution in [0, 0.1) is 18.5 Å². The molecule has 2 saturated carbocycles. The van der Waals surface area contributed by atoms with Crippen LogP contribution in [0.2, 0.25) is 0 Å². The van der Waals surface area contributed by atoms with Crippen molar-refractivity contribution in [2.45, 2.75) is 77.2 Å². The Balaban J connectivity index is 0.000000924. The molecule has 1 aromatic rings. The van der Waals surface area contributed by atoms with Gasteiger partial charge in [-0.3, -0.25) is 0 Å². The van der Waals surface area contributed by atoms with Crippen LogP contribution in [0.1, 0.15) is 76.7 Å². The van der Waals surface area contributed by atoms with E-state index >= 15 is 0 Å². The van der Waals surface area contributed by atoms with E-state index in [1.165, 1.54) is 44.1 Å². The van der Waals surface area contributed by atoms with Crippen molar-refractivity contribution in [2.24, 2.45) is 11.8 Å². The van der Waals surface area contributed by atoms with Gasteiger partial charge in [-0.05, 0) is 61.8 Å². The summed E-state index contributed by atoms with van der Waals surface area (Å²) in [6.07, 6.45) is 14.4. The molecule has 2 fully saturated rings. The molecule has 0 bridgehead atoms. The van der Waals surface area contributed by atoms with Crippen molar-refractivity contribution in [1.29, 1.82) is 0 Å². The van der Waals surface area contributed by atoms with Crippen LogP contribution < -0.4 is 4.74 Å². The van der Waals surface area contributed by atoms with Gasteiger partial charge in [0.25, 0.3) is 0 Å². The summed E-state index contributed by atoms with van der Waals surface area (Å²) in [5.41, 5.74) is 1.30. The van der Waals surface area contributed by atoms with Crippen LogP contribution in [-0.4, -0.2) is 16.1 Å². The van der Waals surface area contributed by atoms with Crippen LogP contribution in [0.4, 0.5) is 0 Å². The molecule has 0 unspecified atom stereocenters. The molecule has 1 aromatic heterocycles. The minimum atomic E-state index is 0.322. The molecule has 0 spiro atoms. The van der Waals surface area contributed by atoms with Crippen molar-refractivity contribution in [2.75, 3.05) is 0 Å². The molecular weight excluding hydrogens is 288 g/mol. The molecule has 23 heavy (non-hydrogen) atoms. The van der Waals surface area contributed by atoms with Crippen LogP contribution in [-0.2, 0) is 4.65 Å². The number of hydrogen-bond acceptors (Lipinski definition) is 3. The van der Waals surface area contributed by atoms with Gasteiger partial charge in [0, 0.05) is 12.4 Å². The SMILES string of the molecule is CC1CCC(Oc2ncc(C3CCC(C)CC3)cn2)CC1.[C-]#[O+]. The first kappa shape index (κ1) is 18.0. The second-order valence-corrected chi connectivity index (χ2v) is 7.26. The van der Waals surface area contributed by atoms with Crippen LogP contribution in [0.3, 0.4) is 0 Å². The molecule has 1 heterocycles. The van der Waals surface area contributed by atoms with Gasteiger partial charge < -0.3 is 4.74 Å². The molecule has 2 aliphatic rings. The van der Waals surface area contributed by atoms with Crippen molar-refractivity contribution >= 4 is 0 Å². The van der Waals surface area contributed by atoms with E-state index in [9.17, 15) is 0 Å². The Morgan fingerprint density at radius 3 is 1.87 bits per heavy atom. The fourth-order valence-corrected chi connectivity index (χ4v) is 3.69. The topological polar surface area (TPSA) is 54.9 Å². The number of hydrogen-bond donors (Lipinski definition) is 0. The Morgan fingerprint density at radius 1 is 0.870 bits per heavy atom. The Labute approximate surface area is 139 Å². The standard InChI is InChI=1S/C18H28N2O.CO/c1-13-3-7-15(8-4-13)16-11-19-18(20-12-16)21-17-9-5-14(2)6-10-17;1-2/h11-15,17H,3-10H2,1-2H3;. The molecule has 2 aliphatic carbocycles. The Morgan fingerprint density at radius 2 is 1.35 bits per heavy atom. The van der Waals surface area contributed by atoms with Gasteiger partial charge in [0.15, 0.2) is 0 Å². The van der Waals surface area contributed by atoms with Gasteiger partial charge >= 0.3 is 17.3 Å². The van der Waals surface area contributed by atoms with Gasteiger partial charge in [-0.25, -0.2) is 9.97 Å². The van der Waals surface area contributed by atoms with Crippen LogP contribution in [0.25, 0.3) is 0 Å². The third kappa shape index (κ3) is 5.33. The zero-order valence-corrected chi connectivity index (χ0v) is 14.3. The zero-order valence-electron chi connectivity index (χ0n) is 14.3. The quantitative estimate of drug-likeness (QED) is 0.600. The van der Waals surface area contributed by atoms with Crippen molar-refractivity contribution in [3.8, 4) is 6.01 Å². The second-order valence-electron chi connectivity index (χ2n) is 7.26. The summed E-state index contributed by atoms with van der Waals surface area (Å²) in [5.74, 6) is 2.39. The number of nitrogens with zero attached hydrogens (tertiary/aromatic N) is 2. The predicted octanol–water partition coefficient (Wildman–Crippen LogP) is 4.69. The molecule has 0 aromatic carbocycles. The number of ether oxygens (including phenoxy) is 1. The molecule has 0 aliphatic heterocycles. The first-order chi connectivity index (χ1) is 11.2. The summed E-state index contributed by atoms with van der Waals surface area (Å²) >= 11 is 0. The monoisotopic (exact) mass is 316 g/mol. The molecule has 0 saturated heterocycles. The minimum absolute atomic E-state index is 0.322. The molecule has 126 valence electrons. The van der Waals surface area contributed by atoms with E-state index in [0.717, 1.165) is 24.7 Å². The fraction of sp³-hybridized carbons (Fsp3) is 0.737. The Kier molecular flexibility index (Phi) is 7.07. The van der Waals surface area contributed by atoms with Crippen LogP contribution in [0.15, 0.2) is 12.4 Å². The first-order valence-corrected chi connectivity index (χ1v) is 8.89. The first-order valence-electron chi connectivity index (χ1n) is 8.89.